The van der Waals surface area contributed by atoms with Crippen molar-refractivity contribution in [3.63, 3.8) is 0 Å². The van der Waals surface area contributed by atoms with Crippen molar-refractivity contribution in [2.75, 3.05) is 0 Å². The van der Waals surface area contributed by atoms with E-state index in [2.05, 4.69) is 119 Å². The fraction of sp³-hybridized carbons (Fsp3) is 0. The normalized spacial score (nSPS) is 11.2. The number of fused-ring (bicyclic) bond motifs is 2. The molecule has 0 saturated carbocycles. The number of hydrogen-bond acceptors (Lipinski definition) is 4. The molecule has 4 aromatic carbocycles. The molecule has 0 N–H and O–H groups in total. The van der Waals surface area contributed by atoms with Crippen molar-refractivity contribution in [3.05, 3.63) is 159 Å². The van der Waals surface area contributed by atoms with Gasteiger partial charge in [-0.15, -0.1) is 0 Å². The summed E-state index contributed by atoms with van der Waals surface area (Å²) < 4.78 is 0. The molecular formula is C40H26N4. The highest BCUT2D eigenvalue weighted by Gasteiger charge is 2.19. The first kappa shape index (κ1) is 25.7. The van der Waals surface area contributed by atoms with E-state index in [0.29, 0.717) is 0 Å². The summed E-state index contributed by atoms with van der Waals surface area (Å²) in [4.78, 5) is 18.6. The molecule has 4 aromatic heterocycles. The van der Waals surface area contributed by atoms with Crippen molar-refractivity contribution >= 4 is 21.5 Å². The molecule has 4 nitrogen and oxygen atoms in total. The molecule has 0 spiro atoms. The van der Waals surface area contributed by atoms with E-state index in [0.717, 1.165) is 71.9 Å². The Hall–Kier alpha value is -6.00. The lowest BCUT2D eigenvalue weighted by Gasteiger charge is -2.18. The second-order valence-electron chi connectivity index (χ2n) is 10.8. The summed E-state index contributed by atoms with van der Waals surface area (Å²) in [6.45, 7) is 0. The fourth-order valence-electron chi connectivity index (χ4n) is 6.03. The maximum atomic E-state index is 5.03. The van der Waals surface area contributed by atoms with Gasteiger partial charge in [-0.3, -0.25) is 19.9 Å². The van der Waals surface area contributed by atoms with Gasteiger partial charge in [0, 0.05) is 70.6 Å². The topological polar surface area (TPSA) is 51.6 Å². The van der Waals surface area contributed by atoms with E-state index >= 15 is 0 Å². The maximum absolute atomic E-state index is 5.03. The lowest BCUT2D eigenvalue weighted by molar-refractivity contribution is 1.30. The number of rotatable bonds is 5. The first-order valence-corrected chi connectivity index (χ1v) is 14.6. The molecule has 0 fully saturated rings. The largest absolute Gasteiger partial charge is 0.264 e. The van der Waals surface area contributed by atoms with E-state index in [1.165, 1.54) is 5.56 Å². The van der Waals surface area contributed by atoms with Gasteiger partial charge in [-0.1, -0.05) is 91.0 Å². The van der Waals surface area contributed by atoms with Crippen LogP contribution < -0.4 is 0 Å². The molecule has 0 atom stereocenters. The zero-order valence-corrected chi connectivity index (χ0v) is 23.8. The molecule has 8 aromatic rings. The molecule has 0 aliphatic heterocycles. The van der Waals surface area contributed by atoms with Crippen LogP contribution in [0.25, 0.3) is 77.4 Å². The van der Waals surface area contributed by atoms with Crippen LogP contribution in [-0.2, 0) is 0 Å². The molecule has 0 radical (unpaired) electrons. The first-order chi connectivity index (χ1) is 21.8. The highest BCUT2D eigenvalue weighted by molar-refractivity contribution is 6.21. The van der Waals surface area contributed by atoms with Crippen LogP contribution in [0.5, 0.6) is 0 Å². The minimum atomic E-state index is 0.926. The molecule has 0 saturated heterocycles. The number of benzene rings is 4. The highest BCUT2D eigenvalue weighted by Crippen LogP contribution is 2.44. The molecule has 0 aliphatic carbocycles. The quantitative estimate of drug-likeness (QED) is 0.196. The van der Waals surface area contributed by atoms with Crippen LogP contribution >= 0.6 is 0 Å². The van der Waals surface area contributed by atoms with Crippen LogP contribution in [0.1, 0.15) is 0 Å². The predicted molar refractivity (Wildman–Crippen MR) is 180 cm³/mol. The Morgan fingerprint density at radius 2 is 0.795 bits per heavy atom. The minimum absolute atomic E-state index is 0.926. The maximum Gasteiger partial charge on any atom is 0.0714 e. The van der Waals surface area contributed by atoms with Gasteiger partial charge in [0.25, 0.3) is 0 Å². The van der Waals surface area contributed by atoms with Gasteiger partial charge < -0.3 is 0 Å². The Balaban J connectivity index is 1.38. The van der Waals surface area contributed by atoms with E-state index in [1.807, 2.05) is 36.9 Å². The van der Waals surface area contributed by atoms with Gasteiger partial charge in [-0.2, -0.15) is 0 Å². The molecule has 8 rings (SSSR count). The number of aromatic nitrogens is 4. The molecule has 4 heterocycles. The summed E-state index contributed by atoms with van der Waals surface area (Å²) in [5.41, 5.74) is 10.6. The second-order valence-corrected chi connectivity index (χ2v) is 10.8. The highest BCUT2D eigenvalue weighted by atomic mass is 14.7. The number of pyridine rings is 4. The Bertz CT molecular complexity index is 2230. The summed E-state index contributed by atoms with van der Waals surface area (Å²) >= 11 is 0. The van der Waals surface area contributed by atoms with Gasteiger partial charge >= 0.3 is 0 Å². The van der Waals surface area contributed by atoms with Crippen LogP contribution in [0.15, 0.2) is 159 Å². The van der Waals surface area contributed by atoms with E-state index < -0.39 is 0 Å². The molecule has 0 aliphatic rings. The molecule has 4 heteroatoms. The van der Waals surface area contributed by atoms with Crippen LogP contribution in [0, 0.1) is 0 Å². The van der Waals surface area contributed by atoms with Crippen LogP contribution in [0.3, 0.4) is 0 Å². The van der Waals surface area contributed by atoms with Crippen LogP contribution in [0.2, 0.25) is 0 Å². The van der Waals surface area contributed by atoms with Crippen LogP contribution in [-0.4, -0.2) is 19.9 Å². The van der Waals surface area contributed by atoms with E-state index in [9.17, 15) is 0 Å². The zero-order valence-electron chi connectivity index (χ0n) is 23.8. The molecule has 44 heavy (non-hydrogen) atoms. The molecule has 0 unspecified atom stereocenters. The Labute approximate surface area is 255 Å². The molecule has 206 valence electrons. The SMILES string of the molecule is c1ccc(-c2ccc3c(-c4ccc(-c5cccnc5)cn4)c4ccccc4c(-c4ccc(-c5cccnc5)cn4)c3c2)cc1. The fourth-order valence-corrected chi connectivity index (χ4v) is 6.03. The average molecular weight is 563 g/mol. The van der Waals surface area contributed by atoms with Crippen LogP contribution in [0.4, 0.5) is 0 Å². The molecule has 0 amide bonds. The van der Waals surface area contributed by atoms with E-state index in [-0.39, 0.29) is 0 Å². The third-order valence-corrected chi connectivity index (χ3v) is 8.16. The third-order valence-electron chi connectivity index (χ3n) is 8.16. The first-order valence-electron chi connectivity index (χ1n) is 14.6. The van der Waals surface area contributed by atoms with Crippen molar-refractivity contribution in [2.24, 2.45) is 0 Å². The summed E-state index contributed by atoms with van der Waals surface area (Å²) in [5.74, 6) is 0. The summed E-state index contributed by atoms with van der Waals surface area (Å²) in [6, 6.07) is 42.4. The second kappa shape index (κ2) is 11.0. The predicted octanol–water partition coefficient (Wildman–Crippen LogP) is 9.91. The summed E-state index contributed by atoms with van der Waals surface area (Å²) in [6.07, 6.45) is 11.2. The van der Waals surface area contributed by atoms with Crippen molar-refractivity contribution in [1.82, 2.24) is 19.9 Å². The van der Waals surface area contributed by atoms with Crippen molar-refractivity contribution in [3.8, 4) is 55.9 Å². The smallest absolute Gasteiger partial charge is 0.0714 e. The standard InChI is InChI=1S/C40H26N4/c1-2-8-27(9-3-1)28-14-17-35-36(22-28)40(38-19-16-32(26-44-38)30-11-7-21-42-24-30)34-13-5-4-12-33(34)39(35)37-18-15-31(25-43-37)29-10-6-20-41-23-29/h1-26H. The summed E-state index contributed by atoms with van der Waals surface area (Å²) in [7, 11) is 0. The van der Waals surface area contributed by atoms with Gasteiger partial charge in [0.2, 0.25) is 0 Å². The minimum Gasteiger partial charge on any atom is -0.264 e. The average Bonchev–Trinajstić information content (AvgIpc) is 3.12. The van der Waals surface area contributed by atoms with Gasteiger partial charge in [-0.05, 0) is 63.0 Å². The van der Waals surface area contributed by atoms with Crippen molar-refractivity contribution < 1.29 is 0 Å². The van der Waals surface area contributed by atoms with Gasteiger partial charge in [0.15, 0.2) is 0 Å². The van der Waals surface area contributed by atoms with Gasteiger partial charge in [0.1, 0.15) is 0 Å². The molecular weight excluding hydrogens is 536 g/mol. The Morgan fingerprint density at radius 1 is 0.318 bits per heavy atom. The third kappa shape index (κ3) is 4.59. The van der Waals surface area contributed by atoms with Gasteiger partial charge in [0.05, 0.1) is 11.4 Å². The molecule has 0 bridgehead atoms. The van der Waals surface area contributed by atoms with Gasteiger partial charge in [-0.25, -0.2) is 0 Å². The Morgan fingerprint density at radius 3 is 1.32 bits per heavy atom. The van der Waals surface area contributed by atoms with E-state index in [1.54, 1.807) is 12.4 Å². The monoisotopic (exact) mass is 562 g/mol. The summed E-state index contributed by atoms with van der Waals surface area (Å²) in [5, 5.41) is 4.56. The lowest BCUT2D eigenvalue weighted by atomic mass is 9.87. The lowest BCUT2D eigenvalue weighted by Crippen LogP contribution is -1.95. The van der Waals surface area contributed by atoms with E-state index in [4.69, 9.17) is 9.97 Å². The Kier molecular flexibility index (Phi) is 6.43. The number of hydrogen-bond donors (Lipinski definition) is 0. The van der Waals surface area contributed by atoms with Crippen molar-refractivity contribution in [1.29, 1.82) is 0 Å². The number of nitrogens with zero attached hydrogens (tertiary/aromatic N) is 4. The van der Waals surface area contributed by atoms with Crippen molar-refractivity contribution in [2.45, 2.75) is 0 Å². The zero-order chi connectivity index (χ0) is 29.3.